The van der Waals surface area contributed by atoms with Gasteiger partial charge >= 0.3 is 0 Å². The van der Waals surface area contributed by atoms with Crippen molar-refractivity contribution in [3.8, 4) is 11.5 Å². The van der Waals surface area contributed by atoms with Gasteiger partial charge in [0.1, 0.15) is 16.7 Å². The van der Waals surface area contributed by atoms with Gasteiger partial charge in [0, 0.05) is 13.2 Å². The minimum absolute atomic E-state index is 0.0993. The van der Waals surface area contributed by atoms with E-state index in [1.54, 1.807) is 13.2 Å². The Bertz CT molecular complexity index is 846. The maximum Gasteiger partial charge on any atom is 0.264 e. The van der Waals surface area contributed by atoms with E-state index in [0.717, 1.165) is 0 Å². The van der Waals surface area contributed by atoms with E-state index in [1.807, 2.05) is 0 Å². The molecule has 136 valence electrons. The topological polar surface area (TPSA) is 86.8 Å². The van der Waals surface area contributed by atoms with Crippen LogP contribution in [0.5, 0.6) is 11.5 Å². The third-order valence-corrected chi connectivity index (χ3v) is 5.05. The van der Waals surface area contributed by atoms with Gasteiger partial charge in [-0.25, -0.2) is 13.4 Å². The van der Waals surface area contributed by atoms with Crippen LogP contribution in [0.4, 0.5) is 5.69 Å². The van der Waals surface area contributed by atoms with Crippen LogP contribution >= 0.6 is 23.2 Å². The third-order valence-electron chi connectivity index (χ3n) is 3.03. The number of rotatable bonds is 8. The average molecular weight is 407 g/mol. The molecule has 0 radical (unpaired) electrons. The van der Waals surface area contributed by atoms with E-state index < -0.39 is 10.0 Å². The molecule has 0 aliphatic rings. The van der Waals surface area contributed by atoms with Crippen molar-refractivity contribution in [2.75, 3.05) is 32.2 Å². The molecular formula is C15H16Cl2N2O5S. The van der Waals surface area contributed by atoms with Crippen LogP contribution in [0.2, 0.25) is 10.3 Å². The molecule has 0 aliphatic carbocycles. The molecule has 0 saturated heterocycles. The number of benzene rings is 1. The Kier molecular flexibility index (Phi) is 6.71. The fraction of sp³-hybridized carbons (Fsp3) is 0.267. The van der Waals surface area contributed by atoms with Gasteiger partial charge in [-0.1, -0.05) is 23.2 Å². The maximum absolute atomic E-state index is 12.5. The van der Waals surface area contributed by atoms with E-state index in [9.17, 15) is 8.42 Å². The van der Waals surface area contributed by atoms with E-state index in [0.29, 0.717) is 18.1 Å². The number of pyridine rings is 1. The lowest BCUT2D eigenvalue weighted by atomic mass is 10.3. The molecule has 1 aromatic carbocycles. The number of halogens is 2. The van der Waals surface area contributed by atoms with Gasteiger partial charge in [-0.05, 0) is 24.3 Å². The fourth-order valence-corrected chi connectivity index (χ4v) is 3.61. The first kappa shape index (κ1) is 19.6. The number of sulfonamides is 1. The second kappa shape index (κ2) is 8.57. The lowest BCUT2D eigenvalue weighted by Gasteiger charge is -2.14. The zero-order chi connectivity index (χ0) is 18.4. The van der Waals surface area contributed by atoms with Crippen LogP contribution in [-0.2, 0) is 14.8 Å². The summed E-state index contributed by atoms with van der Waals surface area (Å²) >= 11 is 11.6. The Balaban J connectivity index is 2.27. The Hall–Kier alpha value is -1.74. The van der Waals surface area contributed by atoms with Gasteiger partial charge in [0.2, 0.25) is 0 Å². The van der Waals surface area contributed by atoms with Crippen molar-refractivity contribution in [1.29, 1.82) is 0 Å². The Morgan fingerprint density at radius 3 is 2.48 bits per heavy atom. The van der Waals surface area contributed by atoms with E-state index in [4.69, 9.17) is 37.4 Å². The molecule has 7 nitrogen and oxygen atoms in total. The van der Waals surface area contributed by atoms with Gasteiger partial charge in [0.15, 0.2) is 16.7 Å². The molecule has 25 heavy (non-hydrogen) atoms. The molecule has 2 rings (SSSR count). The van der Waals surface area contributed by atoms with E-state index >= 15 is 0 Å². The normalized spacial score (nSPS) is 11.2. The number of ether oxygens (including phenoxy) is 3. The van der Waals surface area contributed by atoms with Crippen LogP contribution in [0, 0.1) is 0 Å². The van der Waals surface area contributed by atoms with Crippen molar-refractivity contribution in [3.05, 3.63) is 40.6 Å². The Labute approximate surface area is 155 Å². The molecule has 0 fully saturated rings. The molecule has 1 N–H and O–H groups in total. The monoisotopic (exact) mass is 406 g/mol. The number of hydrogen-bond donors (Lipinski definition) is 1. The zero-order valence-electron chi connectivity index (χ0n) is 13.5. The highest BCUT2D eigenvalue weighted by atomic mass is 35.5. The number of aromatic nitrogens is 1. The summed E-state index contributed by atoms with van der Waals surface area (Å²) in [6.07, 6.45) is 0. The summed E-state index contributed by atoms with van der Waals surface area (Å²) in [6.45, 7) is 0.668. The SMILES string of the molecule is COCCOc1cc(NS(=O)(=O)c2ccc(Cl)nc2Cl)ccc1OC. The zero-order valence-corrected chi connectivity index (χ0v) is 15.8. The first-order chi connectivity index (χ1) is 11.9. The summed E-state index contributed by atoms with van der Waals surface area (Å²) < 4.78 is 43.0. The van der Waals surface area contributed by atoms with Crippen molar-refractivity contribution in [2.24, 2.45) is 0 Å². The summed E-state index contributed by atoms with van der Waals surface area (Å²) in [5.74, 6) is 0.838. The predicted octanol–water partition coefficient (Wildman–Crippen LogP) is 3.22. The molecule has 0 bridgehead atoms. The van der Waals surface area contributed by atoms with Crippen LogP contribution in [0.1, 0.15) is 0 Å². The van der Waals surface area contributed by atoms with Gasteiger partial charge in [-0.2, -0.15) is 0 Å². The van der Waals surface area contributed by atoms with Crippen molar-refractivity contribution in [2.45, 2.75) is 4.90 Å². The molecule has 0 unspecified atom stereocenters. The van der Waals surface area contributed by atoms with Crippen molar-refractivity contribution in [3.63, 3.8) is 0 Å². The first-order valence-electron chi connectivity index (χ1n) is 7.02. The standard InChI is InChI=1S/C15H16Cl2N2O5S/c1-22-7-8-24-12-9-10(3-4-11(12)23-2)19-25(20,21)13-5-6-14(16)18-15(13)17/h3-6,9,19H,7-8H2,1-2H3. The molecule has 0 amide bonds. The number of methoxy groups -OCH3 is 2. The second-order valence-electron chi connectivity index (χ2n) is 4.74. The molecule has 10 heteroatoms. The van der Waals surface area contributed by atoms with Gasteiger partial charge in [-0.15, -0.1) is 0 Å². The van der Waals surface area contributed by atoms with Crippen molar-refractivity contribution >= 4 is 38.9 Å². The van der Waals surface area contributed by atoms with Crippen LogP contribution < -0.4 is 14.2 Å². The average Bonchev–Trinajstić information content (AvgIpc) is 2.54. The van der Waals surface area contributed by atoms with E-state index in [-0.39, 0.29) is 27.5 Å². The molecule has 0 aliphatic heterocycles. The summed E-state index contributed by atoms with van der Waals surface area (Å²) in [4.78, 5) is 3.55. The molecule has 1 aromatic heterocycles. The number of nitrogens with zero attached hydrogens (tertiary/aromatic N) is 1. The first-order valence-corrected chi connectivity index (χ1v) is 9.26. The molecule has 0 spiro atoms. The van der Waals surface area contributed by atoms with Crippen LogP contribution in [0.3, 0.4) is 0 Å². The minimum atomic E-state index is -3.95. The highest BCUT2D eigenvalue weighted by Crippen LogP contribution is 2.32. The minimum Gasteiger partial charge on any atom is -0.493 e. The lowest BCUT2D eigenvalue weighted by Crippen LogP contribution is -2.14. The van der Waals surface area contributed by atoms with Crippen molar-refractivity contribution in [1.82, 2.24) is 4.98 Å². The quantitative estimate of drug-likeness (QED) is 0.534. The van der Waals surface area contributed by atoms with Crippen LogP contribution in [0.25, 0.3) is 0 Å². The smallest absolute Gasteiger partial charge is 0.264 e. The number of anilines is 1. The molecule has 1 heterocycles. The number of nitrogens with one attached hydrogen (secondary N) is 1. The number of hydrogen-bond acceptors (Lipinski definition) is 6. The summed E-state index contributed by atoms with van der Waals surface area (Å²) in [7, 11) is -0.908. The predicted molar refractivity (Wildman–Crippen MR) is 95.4 cm³/mol. The van der Waals surface area contributed by atoms with Gasteiger partial charge in [-0.3, -0.25) is 4.72 Å². The van der Waals surface area contributed by atoms with E-state index in [1.165, 1.54) is 31.4 Å². The fourth-order valence-electron chi connectivity index (χ4n) is 1.90. The molecule has 2 aromatic rings. The largest absolute Gasteiger partial charge is 0.493 e. The second-order valence-corrected chi connectivity index (χ2v) is 7.13. The highest BCUT2D eigenvalue weighted by Gasteiger charge is 2.20. The lowest BCUT2D eigenvalue weighted by molar-refractivity contribution is 0.144. The third kappa shape index (κ3) is 5.12. The van der Waals surface area contributed by atoms with Gasteiger partial charge in [0.05, 0.1) is 19.4 Å². The summed E-state index contributed by atoms with van der Waals surface area (Å²) in [5, 5.41) is -0.118. The summed E-state index contributed by atoms with van der Waals surface area (Å²) in [6, 6.07) is 7.25. The molecule has 0 saturated carbocycles. The van der Waals surface area contributed by atoms with Crippen molar-refractivity contribution < 1.29 is 22.6 Å². The Morgan fingerprint density at radius 2 is 1.84 bits per heavy atom. The summed E-state index contributed by atoms with van der Waals surface area (Å²) in [5.41, 5.74) is 0.277. The van der Waals surface area contributed by atoms with Crippen LogP contribution in [-0.4, -0.2) is 40.8 Å². The van der Waals surface area contributed by atoms with Crippen LogP contribution in [0.15, 0.2) is 35.2 Å². The maximum atomic E-state index is 12.5. The Morgan fingerprint density at radius 1 is 1.08 bits per heavy atom. The highest BCUT2D eigenvalue weighted by molar-refractivity contribution is 7.92. The van der Waals surface area contributed by atoms with Gasteiger partial charge < -0.3 is 14.2 Å². The van der Waals surface area contributed by atoms with E-state index in [2.05, 4.69) is 9.71 Å². The molecular weight excluding hydrogens is 391 g/mol. The van der Waals surface area contributed by atoms with Gasteiger partial charge in [0.25, 0.3) is 10.0 Å². The molecule has 0 atom stereocenters.